The third-order valence-corrected chi connectivity index (χ3v) is 2.63. The van der Waals surface area contributed by atoms with Crippen LogP contribution >= 0.6 is 0 Å². The highest BCUT2D eigenvalue weighted by atomic mass is 16.2. The number of likely N-dealkylation sites (N-methyl/N-ethyl adjacent to an activating group) is 1. The summed E-state index contributed by atoms with van der Waals surface area (Å²) in [6, 6.07) is 8.85. The SMILES string of the molecule is CNC(=O)Cn1c(N)cc2ccccc2c1=O. The first-order chi connectivity index (χ1) is 8.13. The number of pyridine rings is 1. The Morgan fingerprint density at radius 1 is 1.41 bits per heavy atom. The van der Waals surface area contributed by atoms with Crippen LogP contribution in [0.4, 0.5) is 5.82 Å². The van der Waals surface area contributed by atoms with Gasteiger partial charge in [-0.3, -0.25) is 14.2 Å². The van der Waals surface area contributed by atoms with Crippen LogP contribution in [0.2, 0.25) is 0 Å². The number of carbonyl (C=O) groups excluding carboxylic acids is 1. The van der Waals surface area contributed by atoms with Crippen molar-refractivity contribution in [2.45, 2.75) is 6.54 Å². The maximum atomic E-state index is 12.1. The topological polar surface area (TPSA) is 77.1 Å². The highest BCUT2D eigenvalue weighted by Crippen LogP contribution is 2.12. The molecule has 0 saturated heterocycles. The molecule has 2 aromatic rings. The minimum absolute atomic E-state index is 0.0635. The molecule has 2 rings (SSSR count). The number of nitrogens with two attached hydrogens (primary N) is 1. The number of carbonyl (C=O) groups is 1. The van der Waals surface area contributed by atoms with Gasteiger partial charge in [0.25, 0.3) is 5.56 Å². The first-order valence-electron chi connectivity index (χ1n) is 5.22. The lowest BCUT2D eigenvalue weighted by atomic mass is 10.1. The fourth-order valence-corrected chi connectivity index (χ4v) is 1.70. The van der Waals surface area contributed by atoms with E-state index in [-0.39, 0.29) is 23.8 Å². The molecule has 0 radical (unpaired) electrons. The maximum absolute atomic E-state index is 12.1. The van der Waals surface area contributed by atoms with Gasteiger partial charge in [0.15, 0.2) is 0 Å². The summed E-state index contributed by atoms with van der Waals surface area (Å²) in [6.45, 7) is -0.0635. The molecule has 0 aliphatic carbocycles. The molecule has 0 bridgehead atoms. The summed E-state index contributed by atoms with van der Waals surface area (Å²) in [4.78, 5) is 23.4. The van der Waals surface area contributed by atoms with Gasteiger partial charge >= 0.3 is 0 Å². The van der Waals surface area contributed by atoms with Gasteiger partial charge in [-0.25, -0.2) is 0 Å². The van der Waals surface area contributed by atoms with Crippen LogP contribution in [0.15, 0.2) is 35.1 Å². The van der Waals surface area contributed by atoms with E-state index in [4.69, 9.17) is 5.73 Å². The van der Waals surface area contributed by atoms with Gasteiger partial charge in [0.05, 0.1) is 0 Å². The van der Waals surface area contributed by atoms with Crippen molar-refractivity contribution >= 4 is 22.5 Å². The molecule has 0 atom stereocenters. The zero-order valence-corrected chi connectivity index (χ0v) is 9.43. The molecule has 0 saturated carbocycles. The monoisotopic (exact) mass is 231 g/mol. The molecule has 5 heteroatoms. The molecule has 1 heterocycles. The Hall–Kier alpha value is -2.30. The smallest absolute Gasteiger partial charge is 0.260 e. The molecule has 1 aromatic heterocycles. The van der Waals surface area contributed by atoms with Gasteiger partial charge in [-0.05, 0) is 17.5 Å². The highest BCUT2D eigenvalue weighted by Gasteiger charge is 2.09. The standard InChI is InChI=1S/C12H13N3O2/c1-14-11(16)7-15-10(13)6-8-4-2-3-5-9(8)12(15)17/h2-6H,7,13H2,1H3,(H,14,16). The van der Waals surface area contributed by atoms with E-state index in [9.17, 15) is 9.59 Å². The largest absolute Gasteiger partial charge is 0.385 e. The second-order valence-electron chi connectivity index (χ2n) is 3.72. The zero-order valence-electron chi connectivity index (χ0n) is 9.43. The summed E-state index contributed by atoms with van der Waals surface area (Å²) in [6.07, 6.45) is 0. The van der Waals surface area contributed by atoms with Crippen molar-refractivity contribution in [3.8, 4) is 0 Å². The first kappa shape index (κ1) is 11.2. The van der Waals surface area contributed by atoms with Gasteiger partial charge in [0.1, 0.15) is 12.4 Å². The van der Waals surface area contributed by atoms with Crippen molar-refractivity contribution in [2.24, 2.45) is 0 Å². The van der Waals surface area contributed by atoms with Crippen LogP contribution in [0, 0.1) is 0 Å². The number of hydrogen-bond donors (Lipinski definition) is 2. The molecule has 1 amide bonds. The average Bonchev–Trinajstić information content (AvgIpc) is 2.34. The number of amides is 1. The number of hydrogen-bond acceptors (Lipinski definition) is 3. The van der Waals surface area contributed by atoms with Gasteiger partial charge < -0.3 is 11.1 Å². The van der Waals surface area contributed by atoms with Crippen molar-refractivity contribution in [2.75, 3.05) is 12.8 Å². The molecule has 17 heavy (non-hydrogen) atoms. The average molecular weight is 231 g/mol. The molecule has 0 spiro atoms. The van der Waals surface area contributed by atoms with Crippen molar-refractivity contribution in [1.82, 2.24) is 9.88 Å². The van der Waals surface area contributed by atoms with Gasteiger partial charge in [0.2, 0.25) is 5.91 Å². The van der Waals surface area contributed by atoms with Crippen molar-refractivity contribution in [3.63, 3.8) is 0 Å². The van der Waals surface area contributed by atoms with E-state index >= 15 is 0 Å². The Balaban J connectivity index is 2.64. The third-order valence-electron chi connectivity index (χ3n) is 2.63. The first-order valence-corrected chi connectivity index (χ1v) is 5.22. The number of nitrogens with one attached hydrogen (secondary N) is 1. The molecule has 3 N–H and O–H groups in total. The predicted octanol–water partition coefficient (Wildman–Crippen LogP) is 0.330. The van der Waals surface area contributed by atoms with Gasteiger partial charge in [-0.1, -0.05) is 18.2 Å². The molecule has 1 aromatic carbocycles. The summed E-state index contributed by atoms with van der Waals surface area (Å²) in [5.74, 6) is 0.0337. The zero-order chi connectivity index (χ0) is 12.4. The molecule has 0 aliphatic rings. The number of anilines is 1. The van der Waals surface area contributed by atoms with Crippen LogP contribution in [0.25, 0.3) is 10.8 Å². The minimum Gasteiger partial charge on any atom is -0.385 e. The Labute approximate surface area is 97.9 Å². The van der Waals surface area contributed by atoms with Gasteiger partial charge in [-0.2, -0.15) is 0 Å². The fourth-order valence-electron chi connectivity index (χ4n) is 1.70. The molecule has 88 valence electrons. The predicted molar refractivity (Wildman–Crippen MR) is 66.7 cm³/mol. The number of rotatable bonds is 2. The van der Waals surface area contributed by atoms with E-state index in [1.807, 2.05) is 12.1 Å². The number of benzene rings is 1. The molecule has 0 unspecified atom stereocenters. The number of nitrogen functional groups attached to an aromatic ring is 1. The second kappa shape index (κ2) is 4.29. The summed E-state index contributed by atoms with van der Waals surface area (Å²) in [7, 11) is 1.52. The van der Waals surface area contributed by atoms with Gasteiger partial charge in [0, 0.05) is 12.4 Å². The number of fused-ring (bicyclic) bond motifs is 1. The maximum Gasteiger partial charge on any atom is 0.260 e. The van der Waals surface area contributed by atoms with Crippen LogP contribution in [-0.2, 0) is 11.3 Å². The second-order valence-corrected chi connectivity index (χ2v) is 3.72. The summed E-state index contributed by atoms with van der Waals surface area (Å²) in [5.41, 5.74) is 5.53. The van der Waals surface area contributed by atoms with E-state index in [2.05, 4.69) is 5.32 Å². The number of nitrogens with zero attached hydrogens (tertiary/aromatic N) is 1. The molecule has 5 nitrogen and oxygen atoms in total. The Kier molecular flexibility index (Phi) is 2.82. The van der Waals surface area contributed by atoms with Crippen LogP contribution in [0.5, 0.6) is 0 Å². The molecule has 0 aliphatic heterocycles. The van der Waals surface area contributed by atoms with E-state index in [0.717, 1.165) is 5.39 Å². The van der Waals surface area contributed by atoms with Crippen LogP contribution in [0.3, 0.4) is 0 Å². The summed E-state index contributed by atoms with van der Waals surface area (Å²) < 4.78 is 1.27. The Morgan fingerprint density at radius 2 is 2.12 bits per heavy atom. The molecule has 0 fully saturated rings. The number of aromatic nitrogens is 1. The van der Waals surface area contributed by atoms with Crippen LogP contribution < -0.4 is 16.6 Å². The Bertz CT molecular complexity index is 631. The van der Waals surface area contributed by atoms with E-state index < -0.39 is 0 Å². The van der Waals surface area contributed by atoms with E-state index in [1.54, 1.807) is 18.2 Å². The summed E-state index contributed by atoms with van der Waals surface area (Å²) >= 11 is 0. The molecular weight excluding hydrogens is 218 g/mol. The molecular formula is C12H13N3O2. The lowest BCUT2D eigenvalue weighted by molar-refractivity contribution is -0.121. The highest BCUT2D eigenvalue weighted by molar-refractivity contribution is 5.84. The quantitative estimate of drug-likeness (QED) is 0.782. The lowest BCUT2D eigenvalue weighted by Gasteiger charge is -2.10. The van der Waals surface area contributed by atoms with Crippen molar-refractivity contribution in [1.29, 1.82) is 0 Å². The van der Waals surface area contributed by atoms with Crippen LogP contribution in [-0.4, -0.2) is 17.5 Å². The fraction of sp³-hybridized carbons (Fsp3) is 0.167. The van der Waals surface area contributed by atoms with Crippen LogP contribution in [0.1, 0.15) is 0 Å². The minimum atomic E-state index is -0.255. The van der Waals surface area contributed by atoms with E-state index in [0.29, 0.717) is 5.39 Å². The normalized spacial score (nSPS) is 10.4. The third kappa shape index (κ3) is 1.99. The van der Waals surface area contributed by atoms with Crippen molar-refractivity contribution < 1.29 is 4.79 Å². The lowest BCUT2D eigenvalue weighted by Crippen LogP contribution is -2.31. The van der Waals surface area contributed by atoms with Gasteiger partial charge in [-0.15, -0.1) is 0 Å². The summed E-state index contributed by atoms with van der Waals surface area (Å²) in [5, 5.41) is 3.80. The Morgan fingerprint density at radius 3 is 2.82 bits per heavy atom. The van der Waals surface area contributed by atoms with E-state index in [1.165, 1.54) is 11.6 Å². The van der Waals surface area contributed by atoms with Crippen molar-refractivity contribution in [3.05, 3.63) is 40.7 Å².